The first-order valence-corrected chi connectivity index (χ1v) is 9.07. The second kappa shape index (κ2) is 5.48. The van der Waals surface area contributed by atoms with Gasteiger partial charge in [-0.05, 0) is 24.3 Å². The van der Waals surface area contributed by atoms with Crippen molar-refractivity contribution in [1.82, 2.24) is 23.2 Å². The Morgan fingerprint density at radius 3 is 2.83 bits per heavy atom. The van der Waals surface area contributed by atoms with Gasteiger partial charge < -0.3 is 5.32 Å². The minimum Gasteiger partial charge on any atom is -0.363 e. The number of sulfonamides is 1. The second-order valence-electron chi connectivity index (χ2n) is 5.16. The van der Waals surface area contributed by atoms with Gasteiger partial charge in [-0.2, -0.15) is 18.2 Å². The molecule has 0 bridgehead atoms. The number of rotatable bonds is 4. The molecule has 8 nitrogen and oxygen atoms in total. The molecule has 2 aromatic heterocycles. The molecule has 0 spiro atoms. The van der Waals surface area contributed by atoms with Crippen LogP contribution < -0.4 is 5.32 Å². The number of hydrogen-bond acceptors (Lipinski definition) is 8. The Balaban J connectivity index is 1.52. The van der Waals surface area contributed by atoms with E-state index in [2.05, 4.69) is 24.3 Å². The number of fused-ring (bicyclic) bond motifs is 1. The lowest BCUT2D eigenvalue weighted by atomic mass is 10.2. The quantitative estimate of drug-likeness (QED) is 0.749. The van der Waals surface area contributed by atoms with Gasteiger partial charge in [0.1, 0.15) is 21.7 Å². The summed E-state index contributed by atoms with van der Waals surface area (Å²) in [4.78, 5) is 0.210. The van der Waals surface area contributed by atoms with Gasteiger partial charge in [0.2, 0.25) is 10.0 Å². The first-order valence-electron chi connectivity index (χ1n) is 6.90. The highest BCUT2D eigenvalue weighted by Gasteiger charge is 2.38. The number of hydrogen-bond donors (Lipinski definition) is 1. The summed E-state index contributed by atoms with van der Waals surface area (Å²) in [6, 6.07) is 8.61. The molecular formula is C13H12N6O2S2. The fourth-order valence-corrected chi connectivity index (χ4v) is 4.73. The Kier molecular flexibility index (Phi) is 3.43. The highest BCUT2D eigenvalue weighted by molar-refractivity contribution is 7.89. The van der Waals surface area contributed by atoms with Crippen molar-refractivity contribution in [2.45, 2.75) is 10.9 Å². The van der Waals surface area contributed by atoms with Gasteiger partial charge in [-0.1, -0.05) is 6.07 Å². The molecule has 118 valence electrons. The minimum absolute atomic E-state index is 0.0224. The van der Waals surface area contributed by atoms with Crippen molar-refractivity contribution < 1.29 is 8.42 Å². The van der Waals surface area contributed by atoms with E-state index in [0.29, 0.717) is 29.9 Å². The van der Waals surface area contributed by atoms with E-state index in [9.17, 15) is 8.42 Å². The van der Waals surface area contributed by atoms with E-state index in [0.717, 1.165) is 11.7 Å². The summed E-state index contributed by atoms with van der Waals surface area (Å²) < 4.78 is 35.1. The predicted molar refractivity (Wildman–Crippen MR) is 85.6 cm³/mol. The van der Waals surface area contributed by atoms with Crippen molar-refractivity contribution in [3.63, 3.8) is 0 Å². The molecule has 1 aromatic carbocycles. The maximum absolute atomic E-state index is 12.7. The molecule has 1 N–H and O–H groups in total. The third-order valence-electron chi connectivity index (χ3n) is 3.64. The smallest absolute Gasteiger partial charge is 0.245 e. The molecule has 0 atom stereocenters. The average molecular weight is 348 g/mol. The van der Waals surface area contributed by atoms with Crippen molar-refractivity contribution in [2.24, 2.45) is 0 Å². The largest absolute Gasteiger partial charge is 0.363 e. The van der Waals surface area contributed by atoms with Gasteiger partial charge in [0, 0.05) is 19.3 Å². The summed E-state index contributed by atoms with van der Waals surface area (Å²) in [7, 11) is -3.56. The van der Waals surface area contributed by atoms with Crippen molar-refractivity contribution in [1.29, 1.82) is 0 Å². The van der Waals surface area contributed by atoms with Gasteiger partial charge in [-0.25, -0.2) is 8.42 Å². The van der Waals surface area contributed by atoms with Crippen LogP contribution in [0.25, 0.3) is 11.0 Å². The number of benzene rings is 1. The molecule has 10 heteroatoms. The molecular weight excluding hydrogens is 336 g/mol. The molecule has 1 aliphatic heterocycles. The zero-order valence-corrected chi connectivity index (χ0v) is 13.5. The van der Waals surface area contributed by atoms with Crippen LogP contribution in [0.2, 0.25) is 0 Å². The third kappa shape index (κ3) is 2.54. The highest BCUT2D eigenvalue weighted by atomic mass is 32.2. The van der Waals surface area contributed by atoms with Crippen LogP contribution in [0.4, 0.5) is 5.82 Å². The van der Waals surface area contributed by atoms with E-state index in [4.69, 9.17) is 0 Å². The lowest BCUT2D eigenvalue weighted by molar-refractivity contribution is 0.280. The van der Waals surface area contributed by atoms with Gasteiger partial charge in [0.05, 0.1) is 17.8 Å². The Morgan fingerprint density at radius 1 is 1.17 bits per heavy atom. The fraction of sp³-hybridized carbons (Fsp3) is 0.231. The first-order chi connectivity index (χ1) is 11.1. The molecule has 0 radical (unpaired) electrons. The van der Waals surface area contributed by atoms with E-state index < -0.39 is 10.0 Å². The lowest BCUT2D eigenvalue weighted by Gasteiger charge is -2.38. The molecule has 0 amide bonds. The SMILES string of the molecule is O=S(=O)(c1cccc2nsnc12)N1CC(Nc2cccnn2)C1. The average Bonchev–Trinajstić information content (AvgIpc) is 2.99. The Hall–Kier alpha value is -2.17. The van der Waals surface area contributed by atoms with E-state index in [1.54, 1.807) is 36.5 Å². The molecule has 23 heavy (non-hydrogen) atoms. The van der Waals surface area contributed by atoms with Crippen LogP contribution in [0, 0.1) is 0 Å². The standard InChI is InChI=1S/C13H12N6O2S2/c20-23(21,11-4-1-3-10-13(11)18-22-17-10)19-7-9(8-19)15-12-5-2-6-14-16-12/h1-6,9H,7-8H2,(H,15,16). The summed E-state index contributed by atoms with van der Waals surface area (Å²) in [5, 5.41) is 10.9. The van der Waals surface area contributed by atoms with Gasteiger partial charge in [-0.3, -0.25) is 0 Å². The van der Waals surface area contributed by atoms with E-state index >= 15 is 0 Å². The molecule has 0 aliphatic carbocycles. The molecule has 1 aliphatic rings. The Bertz CT molecular complexity index is 937. The van der Waals surface area contributed by atoms with Crippen LogP contribution in [0.5, 0.6) is 0 Å². The van der Waals surface area contributed by atoms with Crippen LogP contribution in [0.3, 0.4) is 0 Å². The highest BCUT2D eigenvalue weighted by Crippen LogP contribution is 2.27. The Morgan fingerprint density at radius 2 is 2.04 bits per heavy atom. The van der Waals surface area contributed by atoms with Crippen LogP contribution in [0.15, 0.2) is 41.4 Å². The zero-order valence-electron chi connectivity index (χ0n) is 11.8. The van der Waals surface area contributed by atoms with Crippen molar-refractivity contribution in [2.75, 3.05) is 18.4 Å². The van der Waals surface area contributed by atoms with Gasteiger partial charge in [0.15, 0.2) is 0 Å². The molecule has 4 rings (SSSR count). The molecule has 1 fully saturated rings. The van der Waals surface area contributed by atoms with Crippen molar-refractivity contribution in [3.05, 3.63) is 36.5 Å². The van der Waals surface area contributed by atoms with Gasteiger partial charge >= 0.3 is 0 Å². The van der Waals surface area contributed by atoms with E-state index in [-0.39, 0.29) is 10.9 Å². The lowest BCUT2D eigenvalue weighted by Crippen LogP contribution is -2.56. The number of nitrogens with zero attached hydrogens (tertiary/aromatic N) is 5. The molecule has 1 saturated heterocycles. The van der Waals surface area contributed by atoms with Crippen LogP contribution in [-0.2, 0) is 10.0 Å². The first kappa shape index (κ1) is 14.4. The molecule has 3 heterocycles. The normalized spacial score (nSPS) is 16.3. The van der Waals surface area contributed by atoms with Gasteiger partial charge in [0.25, 0.3) is 0 Å². The van der Waals surface area contributed by atoms with Gasteiger partial charge in [-0.15, -0.1) is 5.10 Å². The minimum atomic E-state index is -3.56. The molecule has 0 saturated carbocycles. The fourth-order valence-electron chi connectivity index (χ4n) is 2.44. The van der Waals surface area contributed by atoms with Crippen LogP contribution in [0.1, 0.15) is 0 Å². The van der Waals surface area contributed by atoms with Crippen molar-refractivity contribution in [3.8, 4) is 0 Å². The second-order valence-corrected chi connectivity index (χ2v) is 7.60. The third-order valence-corrected chi connectivity index (χ3v) is 6.04. The monoisotopic (exact) mass is 348 g/mol. The zero-order chi connectivity index (χ0) is 15.9. The van der Waals surface area contributed by atoms with Crippen LogP contribution in [-0.4, -0.2) is 50.8 Å². The van der Waals surface area contributed by atoms with Crippen molar-refractivity contribution >= 4 is 38.6 Å². The topological polar surface area (TPSA) is 101 Å². The summed E-state index contributed by atoms with van der Waals surface area (Å²) in [5.74, 6) is 0.639. The summed E-state index contributed by atoms with van der Waals surface area (Å²) in [6.45, 7) is 0.764. The Labute approximate surface area is 136 Å². The van der Waals surface area contributed by atoms with Crippen LogP contribution >= 0.6 is 11.7 Å². The number of aromatic nitrogens is 4. The molecule has 0 unspecified atom stereocenters. The maximum atomic E-state index is 12.7. The van der Waals surface area contributed by atoms with E-state index in [1.807, 2.05) is 0 Å². The number of anilines is 1. The maximum Gasteiger partial charge on any atom is 0.245 e. The summed E-state index contributed by atoms with van der Waals surface area (Å²) in [5.41, 5.74) is 1.04. The predicted octanol–water partition coefficient (Wildman–Crippen LogP) is 0.966. The summed E-state index contributed by atoms with van der Waals surface area (Å²) >= 11 is 1.01. The number of nitrogens with one attached hydrogen (secondary N) is 1. The van der Waals surface area contributed by atoms with E-state index in [1.165, 1.54) is 4.31 Å². The molecule has 3 aromatic rings. The summed E-state index contributed by atoms with van der Waals surface area (Å²) in [6.07, 6.45) is 1.59.